The van der Waals surface area contributed by atoms with E-state index in [0.717, 1.165) is 6.42 Å². The van der Waals surface area contributed by atoms with Gasteiger partial charge in [-0.1, -0.05) is 0 Å². The third-order valence-corrected chi connectivity index (χ3v) is 2.10. The normalized spacial score (nSPS) is 30.4. The van der Waals surface area contributed by atoms with E-state index in [-0.39, 0.29) is 11.3 Å². The summed E-state index contributed by atoms with van der Waals surface area (Å²) in [6.07, 6.45) is 0.846. The minimum Gasteiger partial charge on any atom is -0.380 e. The van der Waals surface area contributed by atoms with Crippen LogP contribution in [0.3, 0.4) is 0 Å². The summed E-state index contributed by atoms with van der Waals surface area (Å²) in [6.45, 7) is 5.86. The number of rotatable bonds is 2. The monoisotopic (exact) mass is 157 g/mol. The maximum Gasteiger partial charge on any atom is 0.228 e. The van der Waals surface area contributed by atoms with Crippen LogP contribution in [0.25, 0.3) is 0 Å². The maximum atomic E-state index is 11.4. The highest BCUT2D eigenvalue weighted by Crippen LogP contribution is 2.27. The lowest BCUT2D eigenvalue weighted by Gasteiger charge is -2.19. The van der Waals surface area contributed by atoms with E-state index in [2.05, 4.69) is 5.32 Å². The molecule has 1 heterocycles. The molecule has 1 fully saturated rings. The van der Waals surface area contributed by atoms with Gasteiger partial charge >= 0.3 is 0 Å². The third kappa shape index (κ3) is 1.71. The van der Waals surface area contributed by atoms with Gasteiger partial charge < -0.3 is 10.1 Å². The molecular formula is C8H15NO2. The van der Waals surface area contributed by atoms with E-state index >= 15 is 0 Å². The van der Waals surface area contributed by atoms with Gasteiger partial charge in [0.25, 0.3) is 0 Å². The Kier molecular flexibility index (Phi) is 2.49. The minimum atomic E-state index is -0.268. The van der Waals surface area contributed by atoms with Gasteiger partial charge in [-0.25, -0.2) is 0 Å². The Labute approximate surface area is 67.1 Å². The van der Waals surface area contributed by atoms with Crippen molar-refractivity contribution in [3.8, 4) is 0 Å². The van der Waals surface area contributed by atoms with E-state index in [1.807, 2.05) is 13.8 Å². The number of hydrogen-bond acceptors (Lipinski definition) is 2. The molecule has 64 valence electrons. The smallest absolute Gasteiger partial charge is 0.228 e. The van der Waals surface area contributed by atoms with Gasteiger partial charge in [-0.15, -0.1) is 0 Å². The van der Waals surface area contributed by atoms with E-state index in [0.29, 0.717) is 19.8 Å². The van der Waals surface area contributed by atoms with Crippen LogP contribution >= 0.6 is 0 Å². The predicted molar refractivity (Wildman–Crippen MR) is 42.2 cm³/mol. The standard InChI is InChI=1S/C8H15NO2/c1-3-9-7(10)8(2)4-5-11-6-8/h3-6H2,1-2H3,(H,9,10). The van der Waals surface area contributed by atoms with Gasteiger partial charge in [-0.3, -0.25) is 4.79 Å². The Balaban J connectivity index is 2.49. The highest BCUT2D eigenvalue weighted by Gasteiger charge is 2.36. The number of ether oxygens (including phenoxy) is 1. The molecule has 1 aliphatic heterocycles. The van der Waals surface area contributed by atoms with E-state index < -0.39 is 0 Å². The Hall–Kier alpha value is -0.570. The van der Waals surface area contributed by atoms with Crippen molar-refractivity contribution in [1.82, 2.24) is 5.32 Å². The summed E-state index contributed by atoms with van der Waals surface area (Å²) < 4.78 is 5.17. The van der Waals surface area contributed by atoms with Crippen LogP contribution in [0.15, 0.2) is 0 Å². The van der Waals surface area contributed by atoms with Crippen LogP contribution in [0.1, 0.15) is 20.3 Å². The van der Waals surface area contributed by atoms with Crippen molar-refractivity contribution < 1.29 is 9.53 Å². The van der Waals surface area contributed by atoms with E-state index in [9.17, 15) is 4.79 Å². The summed E-state index contributed by atoms with van der Waals surface area (Å²) in [4.78, 5) is 11.4. The number of hydrogen-bond donors (Lipinski definition) is 1. The second-order valence-electron chi connectivity index (χ2n) is 3.22. The van der Waals surface area contributed by atoms with Crippen molar-refractivity contribution >= 4 is 5.91 Å². The fraction of sp³-hybridized carbons (Fsp3) is 0.875. The van der Waals surface area contributed by atoms with Crippen LogP contribution in [-0.4, -0.2) is 25.7 Å². The Morgan fingerprint density at radius 3 is 2.91 bits per heavy atom. The predicted octanol–water partition coefficient (Wildman–Crippen LogP) is 0.549. The van der Waals surface area contributed by atoms with E-state index in [1.165, 1.54) is 0 Å². The fourth-order valence-electron chi connectivity index (χ4n) is 1.22. The summed E-state index contributed by atoms with van der Waals surface area (Å²) in [5.74, 6) is 0.123. The van der Waals surface area contributed by atoms with Gasteiger partial charge in [0.1, 0.15) is 0 Å². The van der Waals surface area contributed by atoms with Gasteiger partial charge in [0.2, 0.25) is 5.91 Å². The van der Waals surface area contributed by atoms with E-state index in [1.54, 1.807) is 0 Å². The molecular weight excluding hydrogens is 142 g/mol. The first-order valence-electron chi connectivity index (χ1n) is 4.05. The Morgan fingerprint density at radius 1 is 1.73 bits per heavy atom. The van der Waals surface area contributed by atoms with Crippen LogP contribution in [0, 0.1) is 5.41 Å². The largest absolute Gasteiger partial charge is 0.380 e. The van der Waals surface area contributed by atoms with E-state index in [4.69, 9.17) is 4.74 Å². The second kappa shape index (κ2) is 3.22. The van der Waals surface area contributed by atoms with Crippen molar-refractivity contribution in [3.05, 3.63) is 0 Å². The molecule has 0 bridgehead atoms. The summed E-state index contributed by atoms with van der Waals surface area (Å²) in [5.41, 5.74) is -0.268. The molecule has 1 rings (SSSR count). The molecule has 0 saturated carbocycles. The lowest BCUT2D eigenvalue weighted by atomic mass is 9.89. The van der Waals surface area contributed by atoms with Gasteiger partial charge in [0, 0.05) is 13.2 Å². The van der Waals surface area contributed by atoms with Crippen LogP contribution in [0.2, 0.25) is 0 Å². The number of carbonyl (C=O) groups is 1. The highest BCUT2D eigenvalue weighted by molar-refractivity contribution is 5.82. The quantitative estimate of drug-likeness (QED) is 0.635. The molecule has 0 radical (unpaired) electrons. The van der Waals surface area contributed by atoms with Crippen molar-refractivity contribution in [3.63, 3.8) is 0 Å². The highest BCUT2D eigenvalue weighted by atomic mass is 16.5. The molecule has 3 nitrogen and oxygen atoms in total. The molecule has 0 aliphatic carbocycles. The molecule has 1 amide bonds. The van der Waals surface area contributed by atoms with Gasteiger partial charge in [-0.2, -0.15) is 0 Å². The lowest BCUT2D eigenvalue weighted by molar-refractivity contribution is -0.130. The lowest BCUT2D eigenvalue weighted by Crippen LogP contribution is -2.39. The number of nitrogens with one attached hydrogen (secondary N) is 1. The van der Waals surface area contributed by atoms with Crippen molar-refractivity contribution in [2.45, 2.75) is 20.3 Å². The van der Waals surface area contributed by atoms with Crippen LogP contribution < -0.4 is 5.32 Å². The minimum absolute atomic E-state index is 0.123. The Morgan fingerprint density at radius 2 is 2.45 bits per heavy atom. The Bertz CT molecular complexity index is 150. The summed E-state index contributed by atoms with van der Waals surface area (Å²) in [7, 11) is 0. The third-order valence-electron chi connectivity index (χ3n) is 2.10. The zero-order chi connectivity index (χ0) is 8.32. The first kappa shape index (κ1) is 8.53. The molecule has 1 unspecified atom stereocenters. The summed E-state index contributed by atoms with van der Waals surface area (Å²) >= 11 is 0. The molecule has 0 aromatic rings. The molecule has 0 spiro atoms. The van der Waals surface area contributed by atoms with Crippen molar-refractivity contribution in [1.29, 1.82) is 0 Å². The van der Waals surface area contributed by atoms with Crippen LogP contribution in [0.4, 0.5) is 0 Å². The molecule has 1 atom stereocenters. The number of carbonyl (C=O) groups excluding carboxylic acids is 1. The maximum absolute atomic E-state index is 11.4. The summed E-state index contributed by atoms with van der Waals surface area (Å²) in [6, 6.07) is 0. The zero-order valence-electron chi connectivity index (χ0n) is 7.14. The topological polar surface area (TPSA) is 38.3 Å². The van der Waals surface area contributed by atoms with Gasteiger partial charge in [0.15, 0.2) is 0 Å². The van der Waals surface area contributed by atoms with Gasteiger partial charge in [-0.05, 0) is 20.3 Å². The molecule has 1 N–H and O–H groups in total. The van der Waals surface area contributed by atoms with Crippen LogP contribution in [-0.2, 0) is 9.53 Å². The summed E-state index contributed by atoms with van der Waals surface area (Å²) in [5, 5.41) is 2.81. The molecule has 1 saturated heterocycles. The average molecular weight is 157 g/mol. The molecule has 0 aromatic carbocycles. The molecule has 11 heavy (non-hydrogen) atoms. The number of amides is 1. The average Bonchev–Trinajstić information content (AvgIpc) is 2.38. The van der Waals surface area contributed by atoms with Crippen LogP contribution in [0.5, 0.6) is 0 Å². The fourth-order valence-corrected chi connectivity index (χ4v) is 1.22. The second-order valence-corrected chi connectivity index (χ2v) is 3.22. The van der Waals surface area contributed by atoms with Crippen molar-refractivity contribution in [2.75, 3.05) is 19.8 Å². The molecule has 0 aromatic heterocycles. The zero-order valence-corrected chi connectivity index (χ0v) is 7.14. The van der Waals surface area contributed by atoms with Gasteiger partial charge in [0.05, 0.1) is 12.0 Å². The van der Waals surface area contributed by atoms with Crippen molar-refractivity contribution in [2.24, 2.45) is 5.41 Å². The SMILES string of the molecule is CCNC(=O)C1(C)CCOC1. The molecule has 3 heteroatoms. The first-order valence-corrected chi connectivity index (χ1v) is 4.05. The molecule has 1 aliphatic rings. The first-order chi connectivity index (χ1) is 5.19.